The number of nitrogens with two attached hydrogens (primary N) is 1. The summed E-state index contributed by atoms with van der Waals surface area (Å²) in [6.07, 6.45) is 2.29. The van der Waals surface area contributed by atoms with Crippen LogP contribution in [-0.2, 0) is 9.53 Å². The highest BCUT2D eigenvalue weighted by atomic mass is 35.5. The van der Waals surface area contributed by atoms with E-state index in [0.29, 0.717) is 10.9 Å². The monoisotopic (exact) mass is 309 g/mol. The van der Waals surface area contributed by atoms with Crippen molar-refractivity contribution in [1.29, 1.82) is 0 Å². The Bertz CT molecular complexity index is 562. The zero-order chi connectivity index (χ0) is 15.0. The Balaban J connectivity index is 1.86. The van der Waals surface area contributed by atoms with E-state index in [0.717, 1.165) is 43.1 Å². The van der Waals surface area contributed by atoms with E-state index in [4.69, 9.17) is 22.1 Å². The van der Waals surface area contributed by atoms with E-state index in [2.05, 4.69) is 10.2 Å². The molecule has 2 aliphatic heterocycles. The molecule has 21 heavy (non-hydrogen) atoms. The number of nitrogens with zero attached hydrogens (tertiary/aromatic N) is 1. The largest absolute Gasteiger partial charge is 0.384 e. The molecule has 1 fully saturated rings. The topological polar surface area (TPSA) is 67.6 Å². The fourth-order valence-corrected chi connectivity index (χ4v) is 3.48. The summed E-state index contributed by atoms with van der Waals surface area (Å²) < 4.78 is 5.26. The molecule has 0 bridgehead atoms. The van der Waals surface area contributed by atoms with Crippen molar-refractivity contribution >= 4 is 28.9 Å². The lowest BCUT2D eigenvalue weighted by atomic mass is 9.98. The minimum atomic E-state index is -0.617. The average Bonchev–Trinajstić information content (AvgIpc) is 2.74. The standard InChI is InChI=1S/C15H20ClN3O2/c1-21-8-9-3-2-4-19(7-9)13-6-12-10(5-11(13)16)14(17)15(20)18-12/h5-6,9,14H,2-4,7-8,17H2,1H3,(H,18,20). The van der Waals surface area contributed by atoms with Gasteiger partial charge in [-0.05, 0) is 30.9 Å². The molecule has 0 aliphatic carbocycles. The van der Waals surface area contributed by atoms with E-state index < -0.39 is 6.04 Å². The molecule has 6 heteroatoms. The minimum absolute atomic E-state index is 0.172. The number of amides is 1. The first-order valence-corrected chi connectivity index (χ1v) is 7.61. The second kappa shape index (κ2) is 5.83. The SMILES string of the molecule is COCC1CCCN(c2cc3c(cc2Cl)C(N)C(=O)N3)C1. The van der Waals surface area contributed by atoms with Crippen LogP contribution >= 0.6 is 11.6 Å². The average molecular weight is 310 g/mol. The van der Waals surface area contributed by atoms with E-state index in [1.807, 2.05) is 12.1 Å². The first-order chi connectivity index (χ1) is 10.1. The van der Waals surface area contributed by atoms with Gasteiger partial charge in [0, 0.05) is 31.5 Å². The molecular weight excluding hydrogens is 290 g/mol. The lowest BCUT2D eigenvalue weighted by molar-refractivity contribution is -0.116. The van der Waals surface area contributed by atoms with E-state index in [1.54, 1.807) is 7.11 Å². The number of halogens is 1. The summed E-state index contributed by atoms with van der Waals surface area (Å²) in [6, 6.07) is 3.14. The van der Waals surface area contributed by atoms with Crippen LogP contribution in [0.15, 0.2) is 12.1 Å². The number of fused-ring (bicyclic) bond motifs is 1. The smallest absolute Gasteiger partial charge is 0.245 e. The predicted octanol–water partition coefficient (Wildman–Crippen LogP) is 2.15. The summed E-state index contributed by atoms with van der Waals surface area (Å²) >= 11 is 6.41. The Morgan fingerprint density at radius 3 is 3.10 bits per heavy atom. The number of carbonyl (C=O) groups is 1. The molecule has 1 aromatic rings. The molecule has 0 aromatic heterocycles. The second-order valence-corrected chi connectivity index (χ2v) is 6.17. The molecule has 2 atom stereocenters. The molecular formula is C15H20ClN3O2. The number of hydrogen-bond donors (Lipinski definition) is 2. The third kappa shape index (κ3) is 2.73. The molecule has 0 radical (unpaired) electrons. The quantitative estimate of drug-likeness (QED) is 0.898. The summed E-state index contributed by atoms with van der Waals surface area (Å²) in [5.74, 6) is 0.346. The van der Waals surface area contributed by atoms with E-state index in [1.165, 1.54) is 6.42 Å². The van der Waals surface area contributed by atoms with Crippen LogP contribution in [0.3, 0.4) is 0 Å². The lowest BCUT2D eigenvalue weighted by Crippen LogP contribution is -2.37. The van der Waals surface area contributed by atoms with Gasteiger partial charge in [0.25, 0.3) is 0 Å². The first-order valence-electron chi connectivity index (χ1n) is 7.24. The summed E-state index contributed by atoms with van der Waals surface area (Å²) in [5, 5.41) is 3.47. The van der Waals surface area contributed by atoms with Crippen LogP contribution in [0.4, 0.5) is 11.4 Å². The number of anilines is 2. The van der Waals surface area contributed by atoms with Gasteiger partial charge in [-0.25, -0.2) is 0 Å². The Morgan fingerprint density at radius 2 is 2.33 bits per heavy atom. The number of benzene rings is 1. The molecule has 0 saturated carbocycles. The van der Waals surface area contributed by atoms with Gasteiger partial charge >= 0.3 is 0 Å². The molecule has 1 amide bonds. The molecule has 5 nitrogen and oxygen atoms in total. The number of carbonyl (C=O) groups excluding carboxylic acids is 1. The molecule has 2 unspecified atom stereocenters. The summed E-state index contributed by atoms with van der Waals surface area (Å²) in [5.41, 5.74) is 8.37. The Kier molecular flexibility index (Phi) is 4.06. The summed E-state index contributed by atoms with van der Waals surface area (Å²) in [7, 11) is 1.73. The van der Waals surface area contributed by atoms with Gasteiger partial charge in [0.05, 0.1) is 17.3 Å². The molecule has 3 N–H and O–H groups in total. The Labute approximate surface area is 129 Å². The van der Waals surface area contributed by atoms with E-state index in [9.17, 15) is 4.79 Å². The molecule has 2 aliphatic rings. The Hall–Kier alpha value is -1.30. The predicted molar refractivity (Wildman–Crippen MR) is 83.8 cm³/mol. The second-order valence-electron chi connectivity index (χ2n) is 5.77. The van der Waals surface area contributed by atoms with Crippen molar-refractivity contribution in [3.63, 3.8) is 0 Å². The third-order valence-electron chi connectivity index (χ3n) is 4.26. The maximum atomic E-state index is 11.7. The first kappa shape index (κ1) is 14.6. The van der Waals surface area contributed by atoms with Crippen LogP contribution in [0.25, 0.3) is 0 Å². The van der Waals surface area contributed by atoms with Gasteiger partial charge in [-0.15, -0.1) is 0 Å². The van der Waals surface area contributed by atoms with Gasteiger partial charge in [0.1, 0.15) is 6.04 Å². The van der Waals surface area contributed by atoms with Crippen molar-refractivity contribution in [3.05, 3.63) is 22.7 Å². The van der Waals surface area contributed by atoms with Crippen molar-refractivity contribution in [2.75, 3.05) is 37.0 Å². The van der Waals surface area contributed by atoms with Crippen molar-refractivity contribution in [2.24, 2.45) is 11.7 Å². The molecule has 1 aromatic carbocycles. The fourth-order valence-electron chi connectivity index (χ4n) is 3.19. The molecule has 0 spiro atoms. The third-order valence-corrected chi connectivity index (χ3v) is 4.56. The number of nitrogens with one attached hydrogen (secondary N) is 1. The minimum Gasteiger partial charge on any atom is -0.384 e. The summed E-state index contributed by atoms with van der Waals surface area (Å²) in [6.45, 7) is 2.66. The zero-order valence-corrected chi connectivity index (χ0v) is 12.8. The molecule has 2 heterocycles. The fraction of sp³-hybridized carbons (Fsp3) is 0.533. The van der Waals surface area contributed by atoms with Crippen molar-refractivity contribution in [2.45, 2.75) is 18.9 Å². The van der Waals surface area contributed by atoms with Crippen LogP contribution in [0.2, 0.25) is 5.02 Å². The number of rotatable bonds is 3. The highest BCUT2D eigenvalue weighted by Crippen LogP contribution is 2.39. The van der Waals surface area contributed by atoms with Crippen LogP contribution in [0.5, 0.6) is 0 Å². The van der Waals surface area contributed by atoms with Crippen LogP contribution < -0.4 is 16.0 Å². The number of hydrogen-bond acceptors (Lipinski definition) is 4. The maximum absolute atomic E-state index is 11.7. The molecule has 1 saturated heterocycles. The highest BCUT2D eigenvalue weighted by Gasteiger charge is 2.30. The van der Waals surface area contributed by atoms with Crippen molar-refractivity contribution < 1.29 is 9.53 Å². The lowest BCUT2D eigenvalue weighted by Gasteiger charge is -2.35. The van der Waals surface area contributed by atoms with Gasteiger partial charge in [0.15, 0.2) is 0 Å². The van der Waals surface area contributed by atoms with E-state index >= 15 is 0 Å². The Morgan fingerprint density at radius 1 is 1.52 bits per heavy atom. The molecule has 3 rings (SSSR count). The zero-order valence-electron chi connectivity index (χ0n) is 12.1. The van der Waals surface area contributed by atoms with Gasteiger partial charge in [0.2, 0.25) is 5.91 Å². The van der Waals surface area contributed by atoms with Gasteiger partial charge in [-0.1, -0.05) is 11.6 Å². The van der Waals surface area contributed by atoms with Gasteiger partial charge in [-0.3, -0.25) is 4.79 Å². The number of piperidine rings is 1. The number of methoxy groups -OCH3 is 1. The van der Waals surface area contributed by atoms with Crippen molar-refractivity contribution in [1.82, 2.24) is 0 Å². The van der Waals surface area contributed by atoms with Gasteiger partial charge < -0.3 is 20.7 Å². The number of ether oxygens (including phenoxy) is 1. The summed E-state index contributed by atoms with van der Waals surface area (Å²) in [4.78, 5) is 13.9. The van der Waals surface area contributed by atoms with Crippen LogP contribution in [-0.4, -0.2) is 32.7 Å². The maximum Gasteiger partial charge on any atom is 0.245 e. The van der Waals surface area contributed by atoms with Crippen LogP contribution in [0.1, 0.15) is 24.4 Å². The van der Waals surface area contributed by atoms with Gasteiger partial charge in [-0.2, -0.15) is 0 Å². The normalized spacial score (nSPS) is 24.9. The van der Waals surface area contributed by atoms with Crippen LogP contribution in [0, 0.1) is 5.92 Å². The van der Waals surface area contributed by atoms with Crippen molar-refractivity contribution in [3.8, 4) is 0 Å². The highest BCUT2D eigenvalue weighted by molar-refractivity contribution is 6.33. The molecule has 114 valence electrons. The van der Waals surface area contributed by atoms with E-state index in [-0.39, 0.29) is 5.91 Å².